The van der Waals surface area contributed by atoms with Gasteiger partial charge in [-0.15, -0.1) is 0 Å². The molecule has 0 radical (unpaired) electrons. The summed E-state index contributed by atoms with van der Waals surface area (Å²) in [6, 6.07) is 24.2. The molecule has 0 spiro atoms. The van der Waals surface area contributed by atoms with Gasteiger partial charge in [-0.1, -0.05) is 70.5 Å². The van der Waals surface area contributed by atoms with Crippen LogP contribution < -0.4 is 0 Å². The fraction of sp³-hybridized carbons (Fsp3) is 0.167. The molecule has 0 saturated heterocycles. The smallest absolute Gasteiger partial charge is 0.273 e. The lowest BCUT2D eigenvalue weighted by molar-refractivity contribution is 0.0734. The molecular formula is C30H25BrFN5O. The molecule has 6 nitrogen and oxygen atoms in total. The predicted octanol–water partition coefficient (Wildman–Crippen LogP) is 6.33. The molecule has 2 aromatic heterocycles. The van der Waals surface area contributed by atoms with Crippen LogP contribution in [0.5, 0.6) is 0 Å². The van der Waals surface area contributed by atoms with Gasteiger partial charge in [0.05, 0.1) is 24.6 Å². The quantitative estimate of drug-likeness (QED) is 0.219. The van der Waals surface area contributed by atoms with Gasteiger partial charge in [-0.25, -0.2) is 9.37 Å². The van der Waals surface area contributed by atoms with Crippen LogP contribution in [0.25, 0.3) is 11.3 Å². The van der Waals surface area contributed by atoms with E-state index in [1.54, 1.807) is 29.3 Å². The number of benzene rings is 3. The second-order valence-electron chi connectivity index (χ2n) is 9.37. The van der Waals surface area contributed by atoms with Gasteiger partial charge in [-0.2, -0.15) is 5.10 Å². The Morgan fingerprint density at radius 3 is 2.39 bits per heavy atom. The van der Waals surface area contributed by atoms with Crippen LogP contribution in [0.4, 0.5) is 4.39 Å². The summed E-state index contributed by atoms with van der Waals surface area (Å²) in [6.07, 6.45) is 6.27. The predicted molar refractivity (Wildman–Crippen MR) is 147 cm³/mol. The van der Waals surface area contributed by atoms with Gasteiger partial charge in [-0.3, -0.25) is 9.48 Å². The molecule has 0 bridgehead atoms. The number of imidazole rings is 1. The lowest BCUT2D eigenvalue weighted by Crippen LogP contribution is -2.32. The number of carbonyl (C=O) groups is 1. The van der Waals surface area contributed by atoms with E-state index in [-0.39, 0.29) is 17.8 Å². The Morgan fingerprint density at radius 2 is 1.68 bits per heavy atom. The molecule has 0 saturated carbocycles. The van der Waals surface area contributed by atoms with E-state index < -0.39 is 0 Å². The van der Waals surface area contributed by atoms with Gasteiger partial charge < -0.3 is 9.47 Å². The maximum Gasteiger partial charge on any atom is 0.273 e. The molecule has 0 unspecified atom stereocenters. The molecule has 38 heavy (non-hydrogen) atoms. The summed E-state index contributed by atoms with van der Waals surface area (Å²) < 4.78 is 18.4. The minimum Gasteiger partial charge on any atom is -0.337 e. The van der Waals surface area contributed by atoms with E-state index in [2.05, 4.69) is 33.0 Å². The molecule has 190 valence electrons. The van der Waals surface area contributed by atoms with Crippen molar-refractivity contribution in [3.63, 3.8) is 0 Å². The van der Waals surface area contributed by atoms with Gasteiger partial charge in [0.25, 0.3) is 5.91 Å². The summed E-state index contributed by atoms with van der Waals surface area (Å²) in [5.41, 5.74) is 5.15. The third-order valence-corrected chi connectivity index (χ3v) is 7.42. The van der Waals surface area contributed by atoms with Crippen molar-refractivity contribution in [2.45, 2.75) is 25.6 Å². The summed E-state index contributed by atoms with van der Waals surface area (Å²) in [5.74, 6) is -0.338. The van der Waals surface area contributed by atoms with Crippen molar-refractivity contribution < 1.29 is 9.18 Å². The number of carbonyl (C=O) groups excluding carboxylic acids is 1. The standard InChI is InChI=1S/C30H25BrFN5O/c31-24-11-9-23(10-12-24)28-26-27(22-5-2-1-3-6-22)34-37(19-21-7-13-25(32)14-8-21)29(26)30(38)36(28)17-4-16-35-18-15-33-20-35/h1-3,5-15,18,20,28H,4,16-17,19H2/t28-/m1/s1. The van der Waals surface area contributed by atoms with Crippen molar-refractivity contribution in [2.24, 2.45) is 0 Å². The maximum atomic E-state index is 14.1. The first-order chi connectivity index (χ1) is 18.6. The van der Waals surface area contributed by atoms with Crippen molar-refractivity contribution in [3.05, 3.63) is 130 Å². The average molecular weight is 570 g/mol. The highest BCUT2D eigenvalue weighted by Crippen LogP contribution is 2.44. The minimum atomic E-state index is -0.292. The summed E-state index contributed by atoms with van der Waals surface area (Å²) in [7, 11) is 0. The second-order valence-corrected chi connectivity index (χ2v) is 10.3. The fourth-order valence-electron chi connectivity index (χ4n) is 5.12. The Kier molecular flexibility index (Phi) is 6.64. The number of aryl methyl sites for hydroxylation is 1. The first-order valence-corrected chi connectivity index (χ1v) is 13.3. The largest absolute Gasteiger partial charge is 0.337 e. The zero-order valence-corrected chi connectivity index (χ0v) is 22.1. The third kappa shape index (κ3) is 4.67. The third-order valence-electron chi connectivity index (χ3n) is 6.89. The molecule has 1 amide bonds. The Bertz CT molecular complexity index is 1550. The average Bonchev–Trinajstić information content (AvgIpc) is 3.65. The Balaban J connectivity index is 1.46. The first kappa shape index (κ1) is 24.3. The number of nitrogens with zero attached hydrogens (tertiary/aromatic N) is 5. The van der Waals surface area contributed by atoms with Gasteiger partial charge in [0, 0.05) is 41.1 Å². The van der Waals surface area contributed by atoms with E-state index in [0.29, 0.717) is 18.8 Å². The SMILES string of the molecule is O=C1c2c(c(-c3ccccc3)nn2Cc2ccc(F)cc2)[C@@H](c2ccc(Br)cc2)N1CCCn1ccnc1. The zero-order chi connectivity index (χ0) is 26.1. The zero-order valence-electron chi connectivity index (χ0n) is 20.5. The first-order valence-electron chi connectivity index (χ1n) is 12.5. The molecule has 8 heteroatoms. The molecule has 1 aliphatic heterocycles. The summed E-state index contributed by atoms with van der Waals surface area (Å²) in [4.78, 5) is 20.2. The normalized spacial score (nSPS) is 14.7. The topological polar surface area (TPSA) is 56.0 Å². The number of halogens is 2. The second kappa shape index (κ2) is 10.4. The molecular weight excluding hydrogens is 545 g/mol. The van der Waals surface area contributed by atoms with Crippen molar-refractivity contribution >= 4 is 21.8 Å². The van der Waals surface area contributed by atoms with Crippen LogP contribution >= 0.6 is 15.9 Å². The van der Waals surface area contributed by atoms with Crippen LogP contribution in [0.1, 0.15) is 39.6 Å². The highest BCUT2D eigenvalue weighted by Gasteiger charge is 2.43. The summed E-state index contributed by atoms with van der Waals surface area (Å²) in [5, 5.41) is 4.97. The molecule has 3 aromatic carbocycles. The van der Waals surface area contributed by atoms with Crippen molar-refractivity contribution in [3.8, 4) is 11.3 Å². The highest BCUT2D eigenvalue weighted by molar-refractivity contribution is 9.10. The highest BCUT2D eigenvalue weighted by atomic mass is 79.9. The Hall–Kier alpha value is -4.04. The molecule has 1 atom stereocenters. The number of aromatic nitrogens is 4. The van der Waals surface area contributed by atoms with Gasteiger partial charge in [0.1, 0.15) is 11.5 Å². The minimum absolute atomic E-state index is 0.0460. The number of hydrogen-bond donors (Lipinski definition) is 0. The molecule has 1 aliphatic rings. The monoisotopic (exact) mass is 569 g/mol. The number of fused-ring (bicyclic) bond motifs is 1. The van der Waals surface area contributed by atoms with E-state index >= 15 is 0 Å². The van der Waals surface area contributed by atoms with Gasteiger partial charge in [0.15, 0.2) is 0 Å². The van der Waals surface area contributed by atoms with E-state index in [1.807, 2.05) is 58.1 Å². The van der Waals surface area contributed by atoms with E-state index in [4.69, 9.17) is 5.10 Å². The van der Waals surface area contributed by atoms with Crippen molar-refractivity contribution in [1.82, 2.24) is 24.2 Å². The lowest BCUT2D eigenvalue weighted by atomic mass is 9.96. The van der Waals surface area contributed by atoms with Gasteiger partial charge in [-0.05, 0) is 41.8 Å². The van der Waals surface area contributed by atoms with Gasteiger partial charge >= 0.3 is 0 Å². The van der Waals surface area contributed by atoms with Crippen molar-refractivity contribution in [2.75, 3.05) is 6.54 Å². The van der Waals surface area contributed by atoms with Crippen LogP contribution in [0, 0.1) is 5.82 Å². The number of hydrogen-bond acceptors (Lipinski definition) is 3. The molecule has 0 N–H and O–H groups in total. The van der Waals surface area contributed by atoms with Gasteiger partial charge in [0.2, 0.25) is 0 Å². The van der Waals surface area contributed by atoms with Crippen LogP contribution in [0.15, 0.2) is 102 Å². The van der Waals surface area contributed by atoms with Crippen LogP contribution in [0.2, 0.25) is 0 Å². The summed E-state index contributed by atoms with van der Waals surface area (Å²) in [6.45, 7) is 1.72. The molecule has 0 fully saturated rings. The van der Waals surface area contributed by atoms with Crippen molar-refractivity contribution in [1.29, 1.82) is 0 Å². The molecule has 5 aromatic rings. The number of rotatable bonds is 8. The number of amides is 1. The van der Waals surface area contributed by atoms with Crippen LogP contribution in [0.3, 0.4) is 0 Å². The Labute approximate surface area is 228 Å². The van der Waals surface area contributed by atoms with Crippen LogP contribution in [-0.2, 0) is 13.1 Å². The van der Waals surface area contributed by atoms with Crippen LogP contribution in [-0.4, -0.2) is 36.7 Å². The Morgan fingerprint density at radius 1 is 0.921 bits per heavy atom. The maximum absolute atomic E-state index is 14.1. The molecule has 3 heterocycles. The van der Waals surface area contributed by atoms with E-state index in [0.717, 1.165) is 45.4 Å². The fourth-order valence-corrected chi connectivity index (χ4v) is 5.39. The lowest BCUT2D eigenvalue weighted by Gasteiger charge is -2.27. The molecule has 0 aliphatic carbocycles. The van der Waals surface area contributed by atoms with E-state index in [9.17, 15) is 9.18 Å². The molecule has 6 rings (SSSR count). The summed E-state index contributed by atoms with van der Waals surface area (Å²) >= 11 is 3.54. The van der Waals surface area contributed by atoms with E-state index in [1.165, 1.54) is 12.1 Å².